The van der Waals surface area contributed by atoms with Crippen molar-refractivity contribution in [1.29, 1.82) is 0 Å². The second-order valence-electron chi connectivity index (χ2n) is 8.09. The molecular weight excluding hydrogens is 474 g/mol. The van der Waals surface area contributed by atoms with E-state index in [2.05, 4.69) is 16.0 Å². The predicted molar refractivity (Wildman–Crippen MR) is 129 cm³/mol. The minimum atomic E-state index is -1.28. The van der Waals surface area contributed by atoms with Gasteiger partial charge in [-0.25, -0.2) is 0 Å². The van der Waals surface area contributed by atoms with Crippen LogP contribution in [0.2, 0.25) is 0 Å². The summed E-state index contributed by atoms with van der Waals surface area (Å²) in [6.07, 6.45) is -2.39. The molecule has 4 unspecified atom stereocenters. The molecule has 1 rings (SSSR count). The van der Waals surface area contributed by atoms with Gasteiger partial charge < -0.3 is 40.2 Å². The van der Waals surface area contributed by atoms with Crippen LogP contribution in [0.5, 0.6) is 0 Å². The molecular formula is C24H39N3O9. The number of ether oxygens (including phenoxy) is 3. The molecule has 0 aliphatic rings. The average molecular weight is 514 g/mol. The van der Waals surface area contributed by atoms with E-state index in [1.807, 2.05) is 30.3 Å². The monoisotopic (exact) mass is 513 g/mol. The molecule has 1 aromatic rings. The quantitative estimate of drug-likeness (QED) is 0.0777. The molecule has 36 heavy (non-hydrogen) atoms. The lowest BCUT2D eigenvalue weighted by Crippen LogP contribution is -2.47. The van der Waals surface area contributed by atoms with Crippen molar-refractivity contribution in [3.8, 4) is 0 Å². The van der Waals surface area contributed by atoms with Crippen LogP contribution in [-0.4, -0.2) is 91.2 Å². The third-order valence-corrected chi connectivity index (χ3v) is 5.03. The summed E-state index contributed by atoms with van der Waals surface area (Å²) in [5.41, 5.74) is 0.867. The summed E-state index contributed by atoms with van der Waals surface area (Å²) >= 11 is 0. The van der Waals surface area contributed by atoms with Crippen LogP contribution < -0.4 is 16.0 Å². The highest BCUT2D eigenvalue weighted by molar-refractivity contribution is 5.81. The fraction of sp³-hybridized carbons (Fsp3) is 0.625. The maximum Gasteiger partial charge on any atom is 0.325 e. The Hall–Kier alpha value is -2.61. The van der Waals surface area contributed by atoms with Gasteiger partial charge in [0.2, 0.25) is 11.8 Å². The third-order valence-electron chi connectivity index (χ3n) is 5.03. The van der Waals surface area contributed by atoms with Crippen molar-refractivity contribution in [3.05, 3.63) is 35.9 Å². The van der Waals surface area contributed by atoms with E-state index in [4.69, 9.17) is 14.2 Å². The van der Waals surface area contributed by atoms with Crippen molar-refractivity contribution in [2.24, 2.45) is 0 Å². The van der Waals surface area contributed by atoms with Crippen molar-refractivity contribution in [2.75, 3.05) is 33.4 Å². The lowest BCUT2D eigenvalue weighted by atomic mass is 10.2. The normalized spacial score (nSPS) is 14.4. The van der Waals surface area contributed by atoms with Gasteiger partial charge in [-0.2, -0.15) is 0 Å². The highest BCUT2D eigenvalue weighted by Crippen LogP contribution is 2.08. The molecule has 0 bridgehead atoms. The number of hydrogen-bond donors (Lipinski definition) is 6. The number of hydrogen-bond acceptors (Lipinski definition) is 10. The van der Waals surface area contributed by atoms with Crippen LogP contribution in [0.15, 0.2) is 30.3 Å². The molecule has 0 radical (unpaired) electrons. The summed E-state index contributed by atoms with van der Waals surface area (Å²) in [5.74, 6) is -1.20. The zero-order valence-corrected chi connectivity index (χ0v) is 20.9. The number of carbonyl (C=O) groups excluding carboxylic acids is 3. The molecule has 12 nitrogen and oxygen atoms in total. The van der Waals surface area contributed by atoms with Crippen molar-refractivity contribution < 1.29 is 43.9 Å². The molecule has 204 valence electrons. The van der Waals surface area contributed by atoms with Gasteiger partial charge >= 0.3 is 5.97 Å². The van der Waals surface area contributed by atoms with Crippen molar-refractivity contribution in [1.82, 2.24) is 16.0 Å². The van der Waals surface area contributed by atoms with E-state index in [0.29, 0.717) is 25.8 Å². The highest BCUT2D eigenvalue weighted by atomic mass is 16.7. The lowest BCUT2D eigenvalue weighted by molar-refractivity contribution is -0.238. The fourth-order valence-electron chi connectivity index (χ4n) is 2.89. The van der Waals surface area contributed by atoms with Crippen LogP contribution in [0, 0.1) is 0 Å². The minimum absolute atomic E-state index is 0.154. The van der Waals surface area contributed by atoms with Gasteiger partial charge in [0.25, 0.3) is 0 Å². The molecule has 0 fully saturated rings. The molecule has 4 atom stereocenters. The van der Waals surface area contributed by atoms with Gasteiger partial charge in [0.15, 0.2) is 12.5 Å². The van der Waals surface area contributed by atoms with Crippen LogP contribution in [0.1, 0.15) is 38.2 Å². The number of unbranched alkanes of at least 4 members (excludes halogenated alkanes) is 2. The number of aliphatic hydroxyl groups is 3. The van der Waals surface area contributed by atoms with Crippen LogP contribution in [0.3, 0.4) is 0 Å². The predicted octanol–water partition coefficient (Wildman–Crippen LogP) is -0.839. The lowest BCUT2D eigenvalue weighted by Gasteiger charge is -2.28. The molecule has 0 aliphatic carbocycles. The number of likely N-dealkylation sites (N-methyl/N-ethyl adjacent to an activating group) is 1. The SMILES string of the molecule is CNC(O)C(OCC(=O)NCCCCCC(=O)NCC(=O)OCc1ccccc1)OC(CO)C(C)O. The Bertz CT molecular complexity index is 764. The Kier molecular flexibility index (Phi) is 16.3. The summed E-state index contributed by atoms with van der Waals surface area (Å²) in [4.78, 5) is 35.6. The zero-order valence-electron chi connectivity index (χ0n) is 20.9. The largest absolute Gasteiger partial charge is 0.460 e. The Morgan fingerprint density at radius 2 is 1.72 bits per heavy atom. The van der Waals surface area contributed by atoms with E-state index < -0.39 is 49.8 Å². The van der Waals surface area contributed by atoms with Gasteiger partial charge in [0, 0.05) is 13.0 Å². The maximum absolute atomic E-state index is 12.0. The topological polar surface area (TPSA) is 176 Å². The van der Waals surface area contributed by atoms with Crippen LogP contribution in [0.4, 0.5) is 0 Å². The number of nitrogens with one attached hydrogen (secondary N) is 3. The van der Waals surface area contributed by atoms with Crippen LogP contribution in [0.25, 0.3) is 0 Å². The first-order valence-electron chi connectivity index (χ1n) is 11.9. The van der Waals surface area contributed by atoms with Crippen molar-refractivity contribution >= 4 is 17.8 Å². The maximum atomic E-state index is 12.0. The number of rotatable bonds is 19. The van der Waals surface area contributed by atoms with Gasteiger partial charge in [-0.05, 0) is 32.4 Å². The molecule has 1 aromatic carbocycles. The van der Waals surface area contributed by atoms with Gasteiger partial charge in [-0.3, -0.25) is 19.7 Å². The van der Waals surface area contributed by atoms with E-state index in [0.717, 1.165) is 5.56 Å². The molecule has 6 N–H and O–H groups in total. The smallest absolute Gasteiger partial charge is 0.325 e. The zero-order chi connectivity index (χ0) is 26.8. The molecule has 2 amide bonds. The Balaban J connectivity index is 2.13. The Morgan fingerprint density at radius 1 is 1.00 bits per heavy atom. The second-order valence-corrected chi connectivity index (χ2v) is 8.09. The van der Waals surface area contributed by atoms with Crippen LogP contribution in [-0.2, 0) is 35.2 Å². The highest BCUT2D eigenvalue weighted by Gasteiger charge is 2.26. The van der Waals surface area contributed by atoms with E-state index in [1.54, 1.807) is 0 Å². The molecule has 0 saturated carbocycles. The summed E-state index contributed by atoms with van der Waals surface area (Å²) in [6.45, 7) is 0.858. The molecule has 0 heterocycles. The first kappa shape index (κ1) is 31.4. The Labute approximate surface area is 211 Å². The van der Waals surface area contributed by atoms with Gasteiger partial charge in [-0.1, -0.05) is 36.8 Å². The van der Waals surface area contributed by atoms with E-state index in [-0.39, 0.29) is 25.5 Å². The third kappa shape index (κ3) is 14.1. The summed E-state index contributed by atoms with van der Waals surface area (Å²) in [5, 5.41) is 36.4. The number of esters is 1. The minimum Gasteiger partial charge on any atom is -0.460 e. The summed E-state index contributed by atoms with van der Waals surface area (Å²) in [7, 11) is 1.46. The van der Waals surface area contributed by atoms with Crippen molar-refractivity contribution in [3.63, 3.8) is 0 Å². The molecule has 0 aromatic heterocycles. The van der Waals surface area contributed by atoms with Crippen molar-refractivity contribution in [2.45, 2.75) is 63.9 Å². The van der Waals surface area contributed by atoms with Gasteiger partial charge in [0.05, 0.1) is 12.7 Å². The van der Waals surface area contributed by atoms with Crippen LogP contribution >= 0.6 is 0 Å². The molecule has 0 aliphatic heterocycles. The molecule has 0 saturated heterocycles. The van der Waals surface area contributed by atoms with E-state index >= 15 is 0 Å². The average Bonchev–Trinajstić information content (AvgIpc) is 2.88. The second kappa shape index (κ2) is 18.6. The number of amides is 2. The van der Waals surface area contributed by atoms with E-state index in [1.165, 1.54) is 14.0 Å². The standard InChI is InChI=1S/C24H39N3O9/c1-17(29)19(14-28)36-24(23(33)25-2)35-16-21(31)26-12-8-4-7-11-20(30)27-13-22(32)34-15-18-9-5-3-6-10-18/h3,5-6,9-10,17,19,23-25,28-29,33H,4,7-8,11-16H2,1-2H3,(H,26,31)(H,27,30). The number of carbonyl (C=O) groups is 3. The fourth-order valence-corrected chi connectivity index (χ4v) is 2.89. The number of aliphatic hydroxyl groups excluding tert-OH is 3. The summed E-state index contributed by atoms with van der Waals surface area (Å²) < 4.78 is 15.7. The Morgan fingerprint density at radius 3 is 2.36 bits per heavy atom. The van der Waals surface area contributed by atoms with Gasteiger partial charge in [-0.15, -0.1) is 0 Å². The van der Waals surface area contributed by atoms with Gasteiger partial charge in [0.1, 0.15) is 25.9 Å². The summed E-state index contributed by atoms with van der Waals surface area (Å²) in [6, 6.07) is 9.24. The first-order chi connectivity index (χ1) is 17.3. The van der Waals surface area contributed by atoms with E-state index in [9.17, 15) is 29.7 Å². The first-order valence-corrected chi connectivity index (χ1v) is 11.9. The molecule has 12 heteroatoms. The number of benzene rings is 1. The molecule has 0 spiro atoms.